The molecule has 2 amide bonds. The van der Waals surface area contributed by atoms with Crippen LogP contribution >= 0.6 is 0 Å². The molecule has 0 bridgehead atoms. The number of carbonyl (C=O) groups is 2. The quantitative estimate of drug-likeness (QED) is 0.625. The van der Waals surface area contributed by atoms with E-state index in [4.69, 9.17) is 5.26 Å². The predicted molar refractivity (Wildman–Crippen MR) is 122 cm³/mol. The van der Waals surface area contributed by atoms with Crippen molar-refractivity contribution in [2.24, 2.45) is 11.8 Å². The molecule has 1 aromatic carbocycles. The van der Waals surface area contributed by atoms with Crippen molar-refractivity contribution >= 4 is 22.0 Å². The van der Waals surface area contributed by atoms with Crippen LogP contribution in [0.1, 0.15) is 44.2 Å². The Balaban J connectivity index is 1.39. The summed E-state index contributed by atoms with van der Waals surface area (Å²) in [5.74, 6) is -3.01. The minimum atomic E-state index is -3.74. The topological polar surface area (TPSA) is 114 Å². The minimum absolute atomic E-state index is 0.0404. The molecule has 3 aliphatic heterocycles. The van der Waals surface area contributed by atoms with Crippen LogP contribution in [0.5, 0.6) is 0 Å². The number of nitrogens with one attached hydrogen (secondary N) is 1. The van der Waals surface area contributed by atoms with E-state index in [0.717, 1.165) is 18.2 Å². The van der Waals surface area contributed by atoms with Gasteiger partial charge in [0.1, 0.15) is 17.7 Å². The first-order valence-corrected chi connectivity index (χ1v) is 13.2. The maximum atomic E-state index is 13.6. The fourth-order valence-corrected chi connectivity index (χ4v) is 6.77. The smallest absolute Gasteiger partial charge is 0.282 e. The molecule has 35 heavy (non-hydrogen) atoms. The first-order chi connectivity index (χ1) is 16.6. The van der Waals surface area contributed by atoms with Crippen molar-refractivity contribution in [1.82, 2.24) is 18.8 Å². The van der Waals surface area contributed by atoms with Gasteiger partial charge in [-0.25, -0.2) is 8.78 Å². The molecule has 1 aromatic rings. The van der Waals surface area contributed by atoms with Gasteiger partial charge in [-0.3, -0.25) is 9.59 Å². The van der Waals surface area contributed by atoms with Crippen molar-refractivity contribution in [2.45, 2.75) is 44.7 Å². The Morgan fingerprint density at radius 1 is 1.06 bits per heavy atom. The highest BCUT2D eigenvalue weighted by Gasteiger charge is 2.44. The van der Waals surface area contributed by atoms with Gasteiger partial charge in [0.2, 0.25) is 11.8 Å². The van der Waals surface area contributed by atoms with Gasteiger partial charge in [-0.15, -0.1) is 0 Å². The average Bonchev–Trinajstić information content (AvgIpc) is 3.27. The molecule has 4 rings (SSSR count). The third kappa shape index (κ3) is 5.32. The number of hydrogen-bond acceptors (Lipinski definition) is 5. The Morgan fingerprint density at radius 2 is 1.71 bits per heavy atom. The summed E-state index contributed by atoms with van der Waals surface area (Å²) in [5, 5.41) is 11.7. The number of piperidine rings is 1. The molecule has 12 heteroatoms. The second kappa shape index (κ2) is 10.2. The zero-order chi connectivity index (χ0) is 25.3. The lowest BCUT2D eigenvalue weighted by Crippen LogP contribution is -2.57. The van der Waals surface area contributed by atoms with Gasteiger partial charge < -0.3 is 10.2 Å². The van der Waals surface area contributed by atoms with Crippen LogP contribution in [0.25, 0.3) is 0 Å². The lowest BCUT2D eigenvalue weighted by atomic mass is 9.97. The Morgan fingerprint density at radius 3 is 2.37 bits per heavy atom. The number of nitrogens with zero attached hydrogens (tertiary/aromatic N) is 4. The van der Waals surface area contributed by atoms with E-state index in [1.54, 1.807) is 6.92 Å². The molecule has 3 fully saturated rings. The number of nitriles is 1. The number of rotatable bonds is 6. The van der Waals surface area contributed by atoms with Gasteiger partial charge in [0.15, 0.2) is 0 Å². The van der Waals surface area contributed by atoms with Crippen LogP contribution in [0.2, 0.25) is 0 Å². The van der Waals surface area contributed by atoms with Crippen molar-refractivity contribution in [2.75, 3.05) is 32.7 Å². The van der Waals surface area contributed by atoms with Crippen LogP contribution in [0.15, 0.2) is 18.2 Å². The number of benzene rings is 1. The van der Waals surface area contributed by atoms with Gasteiger partial charge in [-0.1, -0.05) is 0 Å². The van der Waals surface area contributed by atoms with Gasteiger partial charge in [-0.05, 0) is 50.3 Å². The van der Waals surface area contributed by atoms with E-state index < -0.39 is 45.8 Å². The lowest BCUT2D eigenvalue weighted by molar-refractivity contribution is -0.142. The van der Waals surface area contributed by atoms with E-state index in [1.165, 1.54) is 13.5 Å². The molecule has 3 atom stereocenters. The monoisotopic (exact) mass is 509 g/mol. The molecule has 3 saturated heterocycles. The molecule has 0 radical (unpaired) electrons. The summed E-state index contributed by atoms with van der Waals surface area (Å²) in [6.07, 6.45) is 2.14. The molecule has 3 heterocycles. The molecule has 9 nitrogen and oxygen atoms in total. The highest BCUT2D eigenvalue weighted by molar-refractivity contribution is 7.86. The van der Waals surface area contributed by atoms with Crippen molar-refractivity contribution in [3.63, 3.8) is 0 Å². The van der Waals surface area contributed by atoms with Gasteiger partial charge in [0.05, 0.1) is 23.9 Å². The molecule has 3 aliphatic rings. The molecule has 190 valence electrons. The van der Waals surface area contributed by atoms with Crippen LogP contribution in [0, 0.1) is 34.8 Å². The summed E-state index contributed by atoms with van der Waals surface area (Å²) >= 11 is 0. The highest BCUT2D eigenvalue weighted by Crippen LogP contribution is 2.29. The number of halogens is 2. The van der Waals surface area contributed by atoms with E-state index in [9.17, 15) is 26.8 Å². The standard InChI is InChI=1S/C23H29F2N5O4S/c1-15(18-8-19(24)10-20(25)9-18)27-22(31)21-5-3-7-30(21)23(32)17-4-2-6-28(14-17)35(33,34)29-12-16(11-26)13-29/h8-10,15-17,21H,2-7,12-14H2,1H3,(H,27,31)/t15-,17+,21-/m1/s1. The first kappa shape index (κ1) is 25.5. The summed E-state index contributed by atoms with van der Waals surface area (Å²) in [6.45, 7) is 2.68. The number of amides is 2. The number of likely N-dealkylation sites (tertiary alicyclic amines) is 1. The average molecular weight is 510 g/mol. The molecule has 0 aliphatic carbocycles. The van der Waals surface area contributed by atoms with Crippen molar-refractivity contribution in [1.29, 1.82) is 5.26 Å². The third-order valence-electron chi connectivity index (χ3n) is 7.00. The maximum absolute atomic E-state index is 13.6. The van der Waals surface area contributed by atoms with E-state index in [-0.39, 0.29) is 37.0 Å². The molecule has 0 aromatic heterocycles. The fourth-order valence-electron chi connectivity index (χ4n) is 4.98. The maximum Gasteiger partial charge on any atom is 0.282 e. The Labute approximate surface area is 203 Å². The normalized spacial score (nSPS) is 25.0. The molecule has 0 saturated carbocycles. The first-order valence-electron chi connectivity index (χ1n) is 11.8. The summed E-state index contributed by atoms with van der Waals surface area (Å²) in [7, 11) is -3.74. The van der Waals surface area contributed by atoms with E-state index in [0.29, 0.717) is 38.8 Å². The number of hydrogen-bond donors (Lipinski definition) is 1. The van der Waals surface area contributed by atoms with Gasteiger partial charge in [0, 0.05) is 38.8 Å². The van der Waals surface area contributed by atoms with Crippen LogP contribution in [-0.4, -0.2) is 72.5 Å². The summed E-state index contributed by atoms with van der Waals surface area (Å²) in [4.78, 5) is 27.8. The molecular formula is C23H29F2N5O4S. The SMILES string of the molecule is C[C@@H](NC(=O)[C@H]1CCCN1C(=O)[C@H]1CCCN(S(=O)(=O)N2CC(C#N)C2)C1)c1cc(F)cc(F)c1. The summed E-state index contributed by atoms with van der Waals surface area (Å²) in [5.41, 5.74) is 0.282. The molecular weight excluding hydrogens is 480 g/mol. The third-order valence-corrected chi connectivity index (χ3v) is 8.93. The molecule has 1 N–H and O–H groups in total. The predicted octanol–water partition coefficient (Wildman–Crippen LogP) is 1.55. The van der Waals surface area contributed by atoms with Crippen molar-refractivity contribution < 1.29 is 26.8 Å². The van der Waals surface area contributed by atoms with Crippen LogP contribution in [0.3, 0.4) is 0 Å². The second-order valence-corrected chi connectivity index (χ2v) is 11.4. The summed E-state index contributed by atoms with van der Waals surface area (Å²) < 4.78 is 55.5. The zero-order valence-electron chi connectivity index (χ0n) is 19.5. The Bertz CT molecular complexity index is 1110. The van der Waals surface area contributed by atoms with Gasteiger partial charge in [-0.2, -0.15) is 22.3 Å². The highest BCUT2D eigenvalue weighted by atomic mass is 32.2. The number of carbonyl (C=O) groups excluding carboxylic acids is 2. The minimum Gasteiger partial charge on any atom is -0.348 e. The van der Waals surface area contributed by atoms with Crippen LogP contribution in [0.4, 0.5) is 8.78 Å². The van der Waals surface area contributed by atoms with Gasteiger partial charge >= 0.3 is 0 Å². The van der Waals surface area contributed by atoms with E-state index >= 15 is 0 Å². The van der Waals surface area contributed by atoms with E-state index in [1.807, 2.05) is 0 Å². The fraction of sp³-hybridized carbons (Fsp3) is 0.609. The second-order valence-electron chi connectivity index (χ2n) is 9.47. The zero-order valence-corrected chi connectivity index (χ0v) is 20.3. The molecule has 0 unspecified atom stereocenters. The molecule has 0 spiro atoms. The van der Waals surface area contributed by atoms with Crippen molar-refractivity contribution in [3.8, 4) is 6.07 Å². The summed E-state index contributed by atoms with van der Waals surface area (Å²) in [6, 6.07) is 3.74. The Kier molecular flexibility index (Phi) is 7.40. The van der Waals surface area contributed by atoms with Crippen molar-refractivity contribution in [3.05, 3.63) is 35.4 Å². The largest absolute Gasteiger partial charge is 0.348 e. The Hall–Kier alpha value is -2.62. The van der Waals surface area contributed by atoms with Gasteiger partial charge in [0.25, 0.3) is 10.2 Å². The van der Waals surface area contributed by atoms with E-state index in [2.05, 4.69) is 11.4 Å². The lowest BCUT2D eigenvalue weighted by Gasteiger charge is -2.41. The van der Waals surface area contributed by atoms with Crippen LogP contribution in [-0.2, 0) is 19.8 Å². The van der Waals surface area contributed by atoms with Crippen LogP contribution < -0.4 is 5.32 Å².